The maximum atomic E-state index is 13.3. The Morgan fingerprint density at radius 2 is 2.26 bits per heavy atom. The van der Waals surface area contributed by atoms with Crippen molar-refractivity contribution in [2.45, 2.75) is 25.4 Å². The molecule has 2 aromatic rings. The van der Waals surface area contributed by atoms with Crippen LogP contribution in [0.2, 0.25) is 0 Å². The minimum atomic E-state index is -0.355. The summed E-state index contributed by atoms with van der Waals surface area (Å²) < 4.78 is 18.9. The highest BCUT2D eigenvalue weighted by atomic mass is 19.1. The van der Waals surface area contributed by atoms with E-state index in [9.17, 15) is 4.39 Å². The van der Waals surface area contributed by atoms with E-state index in [1.165, 1.54) is 18.9 Å². The summed E-state index contributed by atoms with van der Waals surface area (Å²) in [6, 6.07) is 5.57. The van der Waals surface area contributed by atoms with E-state index < -0.39 is 0 Å². The van der Waals surface area contributed by atoms with Gasteiger partial charge in [0.25, 0.3) is 0 Å². The Bertz CT molecular complexity index is 558. The Balaban J connectivity index is 1.78. The molecule has 0 aromatic carbocycles. The smallest absolute Gasteiger partial charge is 0.223 e. The topological polar surface area (TPSA) is 47.0 Å². The number of rotatable bonds is 5. The molecule has 0 unspecified atom stereocenters. The maximum absolute atomic E-state index is 13.3. The van der Waals surface area contributed by atoms with Crippen LogP contribution in [-0.4, -0.2) is 16.0 Å². The third-order valence-corrected chi connectivity index (χ3v) is 2.90. The third-order valence-electron chi connectivity index (χ3n) is 2.90. The molecule has 1 aliphatic carbocycles. The molecule has 19 heavy (non-hydrogen) atoms. The van der Waals surface area contributed by atoms with Crippen LogP contribution in [0.3, 0.4) is 0 Å². The van der Waals surface area contributed by atoms with Gasteiger partial charge in [-0.3, -0.25) is 4.98 Å². The molecule has 2 heterocycles. The first-order chi connectivity index (χ1) is 9.31. The summed E-state index contributed by atoms with van der Waals surface area (Å²) >= 11 is 0. The van der Waals surface area contributed by atoms with Crippen LogP contribution in [0.25, 0.3) is 0 Å². The fourth-order valence-electron chi connectivity index (χ4n) is 1.75. The van der Waals surface area contributed by atoms with Crippen LogP contribution in [0, 0.1) is 5.82 Å². The van der Waals surface area contributed by atoms with Crippen LogP contribution in [0.1, 0.15) is 18.4 Å². The lowest BCUT2D eigenvalue weighted by Crippen LogP contribution is -2.16. The molecule has 1 aliphatic rings. The molecule has 1 saturated carbocycles. The van der Waals surface area contributed by atoms with Crippen molar-refractivity contribution < 1.29 is 9.13 Å². The summed E-state index contributed by atoms with van der Waals surface area (Å²) in [5, 5.41) is 3.32. The number of hydrogen-bond donors (Lipinski definition) is 1. The van der Waals surface area contributed by atoms with E-state index in [2.05, 4.69) is 15.3 Å². The Morgan fingerprint density at radius 1 is 1.37 bits per heavy atom. The van der Waals surface area contributed by atoms with Gasteiger partial charge in [-0.15, -0.1) is 0 Å². The lowest BCUT2D eigenvalue weighted by molar-refractivity contribution is 0.446. The summed E-state index contributed by atoms with van der Waals surface area (Å²) in [6.07, 6.45) is 6.79. The van der Waals surface area contributed by atoms with Crippen molar-refractivity contribution in [3.8, 4) is 11.6 Å². The maximum Gasteiger partial charge on any atom is 0.223 e. The van der Waals surface area contributed by atoms with Gasteiger partial charge in [0.15, 0.2) is 0 Å². The van der Waals surface area contributed by atoms with Gasteiger partial charge >= 0.3 is 0 Å². The Hall–Kier alpha value is -2.01. The fourth-order valence-corrected chi connectivity index (χ4v) is 1.75. The van der Waals surface area contributed by atoms with Gasteiger partial charge < -0.3 is 10.1 Å². The molecule has 1 fully saturated rings. The van der Waals surface area contributed by atoms with Crippen molar-refractivity contribution in [1.29, 1.82) is 0 Å². The van der Waals surface area contributed by atoms with Gasteiger partial charge in [-0.25, -0.2) is 9.37 Å². The van der Waals surface area contributed by atoms with E-state index in [4.69, 9.17) is 4.74 Å². The van der Waals surface area contributed by atoms with Crippen molar-refractivity contribution in [3.63, 3.8) is 0 Å². The number of nitrogens with zero attached hydrogens (tertiary/aromatic N) is 2. The summed E-state index contributed by atoms with van der Waals surface area (Å²) in [4.78, 5) is 7.98. The number of nitrogens with one attached hydrogen (secondary N) is 1. The normalized spacial score (nSPS) is 14.4. The minimum absolute atomic E-state index is 0.355. The Morgan fingerprint density at radius 3 is 3.00 bits per heavy atom. The van der Waals surface area contributed by atoms with E-state index >= 15 is 0 Å². The minimum Gasteiger partial charge on any atom is -0.437 e. The number of aromatic nitrogens is 2. The second-order valence-electron chi connectivity index (χ2n) is 4.56. The summed E-state index contributed by atoms with van der Waals surface area (Å²) in [7, 11) is 0. The fraction of sp³-hybridized carbons (Fsp3) is 0.286. The van der Waals surface area contributed by atoms with Crippen LogP contribution in [-0.2, 0) is 6.54 Å². The molecule has 0 radical (unpaired) electrons. The Labute approximate surface area is 110 Å². The molecule has 5 heteroatoms. The van der Waals surface area contributed by atoms with E-state index in [1.807, 2.05) is 0 Å². The molecule has 1 N–H and O–H groups in total. The number of ether oxygens (including phenoxy) is 1. The van der Waals surface area contributed by atoms with Crippen LogP contribution in [0.15, 0.2) is 36.8 Å². The molecule has 0 spiro atoms. The van der Waals surface area contributed by atoms with Crippen molar-refractivity contribution >= 4 is 0 Å². The molecular formula is C14H14FN3O. The highest BCUT2D eigenvalue weighted by Crippen LogP contribution is 2.25. The van der Waals surface area contributed by atoms with E-state index in [1.54, 1.807) is 24.5 Å². The van der Waals surface area contributed by atoms with Crippen LogP contribution in [0.5, 0.6) is 11.6 Å². The highest BCUT2D eigenvalue weighted by molar-refractivity contribution is 5.31. The largest absolute Gasteiger partial charge is 0.437 e. The predicted molar refractivity (Wildman–Crippen MR) is 68.4 cm³/mol. The van der Waals surface area contributed by atoms with Gasteiger partial charge in [0, 0.05) is 24.3 Å². The second-order valence-corrected chi connectivity index (χ2v) is 4.56. The number of pyridine rings is 2. The first-order valence-corrected chi connectivity index (χ1v) is 6.27. The molecule has 3 rings (SSSR count). The third kappa shape index (κ3) is 3.26. The van der Waals surface area contributed by atoms with Gasteiger partial charge in [0.05, 0.1) is 12.4 Å². The van der Waals surface area contributed by atoms with E-state index in [-0.39, 0.29) is 5.82 Å². The quantitative estimate of drug-likeness (QED) is 0.896. The van der Waals surface area contributed by atoms with Crippen molar-refractivity contribution in [3.05, 3.63) is 48.2 Å². The van der Waals surface area contributed by atoms with Gasteiger partial charge in [0.2, 0.25) is 5.88 Å². The van der Waals surface area contributed by atoms with Gasteiger partial charge in [-0.1, -0.05) is 0 Å². The van der Waals surface area contributed by atoms with Crippen molar-refractivity contribution in [2.75, 3.05) is 0 Å². The Kier molecular flexibility index (Phi) is 3.37. The average molecular weight is 259 g/mol. The molecule has 0 bridgehead atoms. The monoisotopic (exact) mass is 259 g/mol. The zero-order valence-electron chi connectivity index (χ0n) is 10.3. The highest BCUT2D eigenvalue weighted by Gasteiger charge is 2.21. The summed E-state index contributed by atoms with van der Waals surface area (Å²) in [6.45, 7) is 0.561. The lowest BCUT2D eigenvalue weighted by Gasteiger charge is -2.10. The zero-order valence-corrected chi connectivity index (χ0v) is 10.3. The van der Waals surface area contributed by atoms with Gasteiger partial charge in [0.1, 0.15) is 11.6 Å². The van der Waals surface area contributed by atoms with Crippen LogP contribution in [0.4, 0.5) is 4.39 Å². The van der Waals surface area contributed by atoms with Crippen LogP contribution < -0.4 is 10.1 Å². The number of hydrogen-bond acceptors (Lipinski definition) is 4. The SMILES string of the molecule is Fc1cnc(Oc2cccnc2)c(CNC2CC2)c1. The first-order valence-electron chi connectivity index (χ1n) is 6.27. The zero-order chi connectivity index (χ0) is 13.1. The lowest BCUT2D eigenvalue weighted by atomic mass is 10.2. The molecule has 98 valence electrons. The molecule has 0 aliphatic heterocycles. The molecule has 0 saturated heterocycles. The summed E-state index contributed by atoms with van der Waals surface area (Å²) in [5.41, 5.74) is 0.718. The van der Waals surface area contributed by atoms with E-state index in [0.717, 1.165) is 11.8 Å². The second kappa shape index (κ2) is 5.32. The molecular weight excluding hydrogens is 245 g/mol. The first kappa shape index (κ1) is 12.0. The van der Waals surface area contributed by atoms with Gasteiger partial charge in [-0.05, 0) is 31.0 Å². The van der Waals surface area contributed by atoms with Crippen LogP contribution >= 0.6 is 0 Å². The van der Waals surface area contributed by atoms with Gasteiger partial charge in [-0.2, -0.15) is 0 Å². The molecule has 4 nitrogen and oxygen atoms in total. The molecule has 0 atom stereocenters. The average Bonchev–Trinajstić information content (AvgIpc) is 3.24. The van der Waals surface area contributed by atoms with Crippen molar-refractivity contribution in [2.24, 2.45) is 0 Å². The summed E-state index contributed by atoms with van der Waals surface area (Å²) in [5.74, 6) is 0.656. The van der Waals surface area contributed by atoms with Crippen molar-refractivity contribution in [1.82, 2.24) is 15.3 Å². The standard InChI is InChI=1S/C14H14FN3O/c15-11-6-10(7-17-12-3-4-12)14(18-8-11)19-13-2-1-5-16-9-13/h1-2,5-6,8-9,12,17H,3-4,7H2. The molecule has 2 aromatic heterocycles. The molecule has 0 amide bonds. The van der Waals surface area contributed by atoms with E-state index in [0.29, 0.717) is 24.2 Å². The predicted octanol–water partition coefficient (Wildman–Crippen LogP) is 2.66. The number of halogens is 1.